The number of benzene rings is 2. The molecule has 0 spiro atoms. The number of ether oxygens (including phenoxy) is 1. The van der Waals surface area contributed by atoms with Crippen molar-refractivity contribution in [3.63, 3.8) is 0 Å². The highest BCUT2D eigenvalue weighted by molar-refractivity contribution is 6.00. The van der Waals surface area contributed by atoms with E-state index < -0.39 is 35.2 Å². The Kier molecular flexibility index (Phi) is 9.06. The Morgan fingerprint density at radius 1 is 1.12 bits per heavy atom. The average molecular weight is 454 g/mol. The van der Waals surface area contributed by atoms with Crippen LogP contribution in [-0.2, 0) is 9.57 Å². The standard InChI is InChI=1S/C23H29F3N2O4/c1-14-5-8-19(18(25)11-14)27-21-16(6-7-17(24)20(21)26)22(30)28-32-13-15(12-29)31-10-9-23(2,3)4/h5-8,11,15,27,29H,9-10,12-13H2,1-4H3,(H,28,30). The molecule has 0 radical (unpaired) electrons. The van der Waals surface area contributed by atoms with Crippen molar-refractivity contribution in [2.45, 2.75) is 40.2 Å². The van der Waals surface area contributed by atoms with Crippen molar-refractivity contribution in [2.75, 3.05) is 25.1 Å². The summed E-state index contributed by atoms with van der Waals surface area (Å²) in [5, 5.41) is 11.8. The van der Waals surface area contributed by atoms with Gasteiger partial charge in [0.2, 0.25) is 0 Å². The second-order valence-electron chi connectivity index (χ2n) is 8.62. The van der Waals surface area contributed by atoms with Gasteiger partial charge in [-0.25, -0.2) is 18.7 Å². The lowest BCUT2D eigenvalue weighted by atomic mass is 9.93. The van der Waals surface area contributed by atoms with Crippen molar-refractivity contribution in [3.8, 4) is 0 Å². The van der Waals surface area contributed by atoms with Gasteiger partial charge in [0.05, 0.1) is 23.5 Å². The fraction of sp³-hybridized carbons (Fsp3) is 0.435. The summed E-state index contributed by atoms with van der Waals surface area (Å²) in [5.41, 5.74) is 1.86. The van der Waals surface area contributed by atoms with E-state index in [9.17, 15) is 23.1 Å². The number of aryl methyl sites for hydroxylation is 1. The third-order valence-corrected chi connectivity index (χ3v) is 4.57. The van der Waals surface area contributed by atoms with E-state index in [0.717, 1.165) is 18.6 Å². The Balaban J connectivity index is 2.05. The van der Waals surface area contributed by atoms with E-state index >= 15 is 0 Å². The Labute approximate surface area is 185 Å². The number of hydrogen-bond donors (Lipinski definition) is 3. The minimum atomic E-state index is -1.34. The molecule has 1 amide bonds. The topological polar surface area (TPSA) is 79.8 Å². The molecule has 2 aromatic rings. The molecule has 0 fully saturated rings. The fourth-order valence-corrected chi connectivity index (χ4v) is 2.66. The molecule has 0 heterocycles. The maximum absolute atomic E-state index is 14.4. The lowest BCUT2D eigenvalue weighted by Gasteiger charge is -2.21. The predicted octanol–water partition coefficient (Wildman–Crippen LogP) is 4.63. The highest BCUT2D eigenvalue weighted by Gasteiger charge is 2.21. The van der Waals surface area contributed by atoms with Gasteiger partial charge in [0.15, 0.2) is 11.6 Å². The van der Waals surface area contributed by atoms with Crippen LogP contribution in [0.3, 0.4) is 0 Å². The van der Waals surface area contributed by atoms with Gasteiger partial charge in [0.1, 0.15) is 18.5 Å². The van der Waals surface area contributed by atoms with E-state index in [0.29, 0.717) is 12.2 Å². The predicted molar refractivity (Wildman–Crippen MR) is 115 cm³/mol. The summed E-state index contributed by atoms with van der Waals surface area (Å²) in [6.07, 6.45) is 0.0804. The molecule has 1 unspecified atom stereocenters. The van der Waals surface area contributed by atoms with Crippen LogP contribution in [0.25, 0.3) is 0 Å². The lowest BCUT2D eigenvalue weighted by Crippen LogP contribution is -2.32. The first kappa shape index (κ1) is 25.6. The maximum Gasteiger partial charge on any atom is 0.277 e. The van der Waals surface area contributed by atoms with Gasteiger partial charge in [-0.3, -0.25) is 9.63 Å². The summed E-state index contributed by atoms with van der Waals surface area (Å²) in [7, 11) is 0. The summed E-state index contributed by atoms with van der Waals surface area (Å²) in [6.45, 7) is 7.74. The van der Waals surface area contributed by atoms with Gasteiger partial charge in [-0.2, -0.15) is 0 Å². The number of rotatable bonds is 10. The van der Waals surface area contributed by atoms with Gasteiger partial charge < -0.3 is 15.2 Å². The highest BCUT2D eigenvalue weighted by atomic mass is 19.2. The molecule has 0 bridgehead atoms. The van der Waals surface area contributed by atoms with Gasteiger partial charge >= 0.3 is 0 Å². The third kappa shape index (κ3) is 7.51. The number of anilines is 2. The number of amides is 1. The number of hydrogen-bond acceptors (Lipinski definition) is 5. The zero-order chi connectivity index (χ0) is 23.9. The molecule has 32 heavy (non-hydrogen) atoms. The third-order valence-electron chi connectivity index (χ3n) is 4.57. The number of nitrogens with one attached hydrogen (secondary N) is 2. The van der Waals surface area contributed by atoms with Crippen LogP contribution in [0.2, 0.25) is 0 Å². The van der Waals surface area contributed by atoms with E-state index in [1.807, 2.05) is 0 Å². The SMILES string of the molecule is Cc1ccc(Nc2c(C(=O)NOCC(CO)OCCC(C)(C)C)ccc(F)c2F)c(F)c1. The molecular weight excluding hydrogens is 425 g/mol. The second kappa shape index (κ2) is 11.3. The smallest absolute Gasteiger partial charge is 0.277 e. The van der Waals surface area contributed by atoms with Crippen molar-refractivity contribution in [3.05, 3.63) is 58.9 Å². The summed E-state index contributed by atoms with van der Waals surface area (Å²) in [6, 6.07) is 5.99. The summed E-state index contributed by atoms with van der Waals surface area (Å²) in [4.78, 5) is 17.6. The number of hydroxylamine groups is 1. The quantitative estimate of drug-likeness (QED) is 0.456. The molecule has 0 aromatic heterocycles. The van der Waals surface area contributed by atoms with E-state index in [-0.39, 0.29) is 29.9 Å². The van der Waals surface area contributed by atoms with E-state index in [1.54, 1.807) is 13.0 Å². The summed E-state index contributed by atoms with van der Waals surface area (Å²) < 4.78 is 47.9. The highest BCUT2D eigenvalue weighted by Crippen LogP contribution is 2.28. The molecule has 3 N–H and O–H groups in total. The molecule has 0 aliphatic carbocycles. The second-order valence-corrected chi connectivity index (χ2v) is 8.62. The minimum Gasteiger partial charge on any atom is -0.394 e. The van der Waals surface area contributed by atoms with Crippen molar-refractivity contribution in [2.24, 2.45) is 5.41 Å². The van der Waals surface area contributed by atoms with Crippen LogP contribution >= 0.6 is 0 Å². The van der Waals surface area contributed by atoms with Crippen molar-refractivity contribution >= 4 is 17.3 Å². The first-order valence-corrected chi connectivity index (χ1v) is 10.2. The molecule has 0 saturated heterocycles. The monoisotopic (exact) mass is 454 g/mol. The zero-order valence-electron chi connectivity index (χ0n) is 18.6. The maximum atomic E-state index is 14.4. The Morgan fingerprint density at radius 3 is 2.47 bits per heavy atom. The number of halogens is 3. The summed E-state index contributed by atoms with van der Waals surface area (Å²) in [5.74, 6) is -4.11. The number of aliphatic hydroxyl groups is 1. The van der Waals surface area contributed by atoms with Crippen molar-refractivity contribution < 1.29 is 32.6 Å². The normalized spacial score (nSPS) is 12.5. The molecule has 2 aromatic carbocycles. The fourth-order valence-electron chi connectivity index (χ4n) is 2.66. The van der Waals surface area contributed by atoms with E-state index in [2.05, 4.69) is 31.6 Å². The van der Waals surface area contributed by atoms with Crippen LogP contribution in [0.15, 0.2) is 30.3 Å². The molecular formula is C23H29F3N2O4. The summed E-state index contributed by atoms with van der Waals surface area (Å²) >= 11 is 0. The van der Waals surface area contributed by atoms with Crippen molar-refractivity contribution in [1.29, 1.82) is 0 Å². The van der Waals surface area contributed by atoms with Gasteiger partial charge in [-0.05, 0) is 48.6 Å². The van der Waals surface area contributed by atoms with Crippen LogP contribution < -0.4 is 10.8 Å². The molecule has 176 valence electrons. The minimum absolute atomic E-state index is 0.0576. The molecule has 9 heteroatoms. The Bertz CT molecular complexity index is 932. The van der Waals surface area contributed by atoms with Crippen LogP contribution in [0.4, 0.5) is 24.5 Å². The van der Waals surface area contributed by atoms with Gasteiger partial charge in [0, 0.05) is 6.61 Å². The Morgan fingerprint density at radius 2 is 1.84 bits per heavy atom. The molecule has 0 aliphatic rings. The Hall–Kier alpha value is -2.62. The molecule has 0 saturated carbocycles. The van der Waals surface area contributed by atoms with Crippen molar-refractivity contribution in [1.82, 2.24) is 5.48 Å². The number of carbonyl (C=O) groups is 1. The van der Waals surface area contributed by atoms with Crippen LogP contribution in [-0.4, -0.2) is 36.9 Å². The average Bonchev–Trinajstić information content (AvgIpc) is 2.71. The zero-order valence-corrected chi connectivity index (χ0v) is 18.6. The molecule has 1 atom stereocenters. The van der Waals surface area contributed by atoms with Crippen LogP contribution in [0, 0.1) is 29.8 Å². The van der Waals surface area contributed by atoms with Crippen LogP contribution in [0.1, 0.15) is 43.1 Å². The molecule has 0 aliphatic heterocycles. The number of aliphatic hydroxyl groups excluding tert-OH is 1. The first-order valence-electron chi connectivity index (χ1n) is 10.2. The van der Waals surface area contributed by atoms with Gasteiger partial charge in [-0.1, -0.05) is 26.8 Å². The van der Waals surface area contributed by atoms with Gasteiger partial charge in [-0.15, -0.1) is 0 Å². The largest absolute Gasteiger partial charge is 0.394 e. The lowest BCUT2D eigenvalue weighted by molar-refractivity contribution is -0.0676. The molecule has 2 rings (SSSR count). The molecule has 6 nitrogen and oxygen atoms in total. The van der Waals surface area contributed by atoms with Gasteiger partial charge in [0.25, 0.3) is 5.91 Å². The number of carbonyl (C=O) groups excluding carboxylic acids is 1. The van der Waals surface area contributed by atoms with E-state index in [4.69, 9.17) is 9.57 Å². The first-order chi connectivity index (χ1) is 15.0. The van der Waals surface area contributed by atoms with Crippen LogP contribution in [0.5, 0.6) is 0 Å². The van der Waals surface area contributed by atoms with E-state index in [1.165, 1.54) is 12.1 Å².